The second kappa shape index (κ2) is 11.3. The molecule has 2 aliphatic rings. The van der Waals surface area contributed by atoms with E-state index in [1.807, 2.05) is 6.07 Å². The van der Waals surface area contributed by atoms with Crippen LogP contribution in [-0.4, -0.2) is 53.0 Å². The summed E-state index contributed by atoms with van der Waals surface area (Å²) in [5, 5.41) is 15.2. The van der Waals surface area contributed by atoms with Crippen molar-refractivity contribution in [2.24, 2.45) is 5.92 Å². The van der Waals surface area contributed by atoms with Gasteiger partial charge in [-0.1, -0.05) is 30.3 Å². The summed E-state index contributed by atoms with van der Waals surface area (Å²) in [6.45, 7) is 2.84. The number of amides is 2. The van der Waals surface area contributed by atoms with Crippen molar-refractivity contribution >= 4 is 17.8 Å². The fraction of sp³-hybridized carbons (Fsp3) is 0.444. The van der Waals surface area contributed by atoms with Gasteiger partial charge in [-0.05, 0) is 68.4 Å². The minimum atomic E-state index is -0.753. The summed E-state index contributed by atoms with van der Waals surface area (Å²) in [6, 6.07) is 17.3. The second-order valence-corrected chi connectivity index (χ2v) is 9.45. The van der Waals surface area contributed by atoms with Crippen LogP contribution in [0.4, 0.5) is 0 Å². The molecule has 7 nitrogen and oxygen atoms in total. The molecule has 4 rings (SSSR count). The molecular formula is C27H33N3O4. The molecule has 1 saturated heterocycles. The third-order valence-electron chi connectivity index (χ3n) is 6.99. The van der Waals surface area contributed by atoms with Gasteiger partial charge in [-0.2, -0.15) is 0 Å². The first-order chi connectivity index (χ1) is 16.5. The summed E-state index contributed by atoms with van der Waals surface area (Å²) in [5.41, 5.74) is 2.36. The number of rotatable bonds is 7. The van der Waals surface area contributed by atoms with E-state index in [4.69, 9.17) is 5.11 Å². The zero-order chi connectivity index (χ0) is 23.9. The summed E-state index contributed by atoms with van der Waals surface area (Å²) in [5.74, 6) is -1.35. The molecule has 2 aromatic rings. The highest BCUT2D eigenvalue weighted by atomic mass is 16.4. The molecule has 0 unspecified atom stereocenters. The van der Waals surface area contributed by atoms with Crippen LogP contribution in [0.1, 0.15) is 64.8 Å². The van der Waals surface area contributed by atoms with Crippen molar-refractivity contribution in [2.45, 2.75) is 57.2 Å². The lowest BCUT2D eigenvalue weighted by molar-refractivity contribution is -0.142. The summed E-state index contributed by atoms with van der Waals surface area (Å²) < 4.78 is 0. The van der Waals surface area contributed by atoms with E-state index in [9.17, 15) is 14.4 Å². The lowest BCUT2D eigenvalue weighted by Crippen LogP contribution is -2.44. The predicted octanol–water partition coefficient (Wildman–Crippen LogP) is 3.45. The maximum Gasteiger partial charge on any atom is 0.306 e. The van der Waals surface area contributed by atoms with Crippen molar-refractivity contribution in [3.8, 4) is 0 Å². The van der Waals surface area contributed by atoms with Crippen molar-refractivity contribution in [2.75, 3.05) is 13.1 Å². The molecule has 7 heteroatoms. The molecule has 0 atom stereocenters. The van der Waals surface area contributed by atoms with E-state index in [0.717, 1.165) is 32.5 Å². The lowest BCUT2D eigenvalue weighted by atomic mass is 9.86. The Morgan fingerprint density at radius 2 is 1.24 bits per heavy atom. The Labute approximate surface area is 200 Å². The maximum atomic E-state index is 12.7. The van der Waals surface area contributed by atoms with Gasteiger partial charge in [0.2, 0.25) is 0 Å². The van der Waals surface area contributed by atoms with Crippen LogP contribution in [0.2, 0.25) is 0 Å². The van der Waals surface area contributed by atoms with E-state index in [1.54, 1.807) is 24.3 Å². The summed E-state index contributed by atoms with van der Waals surface area (Å²) in [7, 11) is 0. The third kappa shape index (κ3) is 6.44. The van der Waals surface area contributed by atoms with Gasteiger partial charge < -0.3 is 15.7 Å². The normalized spacial score (nSPS) is 21.5. The molecule has 1 aliphatic carbocycles. The number of nitrogens with zero attached hydrogens (tertiary/aromatic N) is 1. The standard InChI is InChI=1S/C27H33N3O4/c31-25(28-23-12-10-22(11-13-23)27(33)34)20-6-8-21(9-7-20)26(32)29-24-14-16-30(17-15-24)18-19-4-2-1-3-5-19/h1-9,22-24H,10-18H2,(H,28,31)(H,29,32)(H,33,34). The Morgan fingerprint density at radius 1 is 0.735 bits per heavy atom. The predicted molar refractivity (Wildman–Crippen MR) is 129 cm³/mol. The number of hydrogen-bond donors (Lipinski definition) is 3. The van der Waals surface area contributed by atoms with Crippen LogP contribution in [0.15, 0.2) is 54.6 Å². The first kappa shape index (κ1) is 24.0. The van der Waals surface area contributed by atoms with Crippen molar-refractivity contribution in [3.05, 3.63) is 71.3 Å². The van der Waals surface area contributed by atoms with Crippen LogP contribution in [0.3, 0.4) is 0 Å². The van der Waals surface area contributed by atoms with Gasteiger partial charge in [0.25, 0.3) is 11.8 Å². The Morgan fingerprint density at radius 3 is 1.74 bits per heavy atom. The van der Waals surface area contributed by atoms with Crippen LogP contribution in [0.5, 0.6) is 0 Å². The number of piperidine rings is 1. The topological polar surface area (TPSA) is 98.7 Å². The quantitative estimate of drug-likeness (QED) is 0.584. The van der Waals surface area contributed by atoms with Crippen LogP contribution in [-0.2, 0) is 11.3 Å². The van der Waals surface area contributed by atoms with E-state index >= 15 is 0 Å². The number of carboxylic acid groups (broad SMARTS) is 1. The fourth-order valence-corrected chi connectivity index (χ4v) is 4.87. The third-order valence-corrected chi connectivity index (χ3v) is 6.99. The average Bonchev–Trinajstić information content (AvgIpc) is 2.86. The van der Waals surface area contributed by atoms with Crippen molar-refractivity contribution in [3.63, 3.8) is 0 Å². The van der Waals surface area contributed by atoms with E-state index in [2.05, 4.69) is 39.8 Å². The molecule has 0 bridgehead atoms. The number of likely N-dealkylation sites (tertiary alicyclic amines) is 1. The largest absolute Gasteiger partial charge is 0.481 e. The minimum Gasteiger partial charge on any atom is -0.481 e. The Hall–Kier alpha value is -3.19. The molecule has 3 N–H and O–H groups in total. The number of benzene rings is 2. The highest BCUT2D eigenvalue weighted by molar-refractivity contribution is 5.98. The van der Waals surface area contributed by atoms with Crippen molar-refractivity contribution in [1.29, 1.82) is 0 Å². The number of carbonyl (C=O) groups excluding carboxylic acids is 2. The van der Waals surface area contributed by atoms with E-state index in [-0.39, 0.29) is 29.8 Å². The molecule has 2 fully saturated rings. The summed E-state index contributed by atoms with van der Waals surface area (Å²) in [4.78, 5) is 38.7. The van der Waals surface area contributed by atoms with E-state index < -0.39 is 5.97 Å². The van der Waals surface area contributed by atoms with Gasteiger partial charge in [0.1, 0.15) is 0 Å². The van der Waals surface area contributed by atoms with E-state index in [0.29, 0.717) is 36.8 Å². The minimum absolute atomic E-state index is 0.00108. The molecule has 1 aliphatic heterocycles. The zero-order valence-electron chi connectivity index (χ0n) is 19.4. The number of carbonyl (C=O) groups is 3. The van der Waals surface area contributed by atoms with Crippen LogP contribution < -0.4 is 10.6 Å². The van der Waals surface area contributed by atoms with Gasteiger partial charge in [0.05, 0.1) is 5.92 Å². The van der Waals surface area contributed by atoms with Gasteiger partial charge in [0.15, 0.2) is 0 Å². The SMILES string of the molecule is O=C(NC1CCC(C(=O)O)CC1)c1ccc(C(=O)NC2CCN(Cc3ccccc3)CC2)cc1. The molecule has 1 heterocycles. The Bertz CT molecular complexity index is 977. The highest BCUT2D eigenvalue weighted by Gasteiger charge is 2.27. The summed E-state index contributed by atoms with van der Waals surface area (Å²) >= 11 is 0. The van der Waals surface area contributed by atoms with Gasteiger partial charge in [-0.25, -0.2) is 0 Å². The van der Waals surface area contributed by atoms with Gasteiger partial charge in [-0.3, -0.25) is 19.3 Å². The number of nitrogens with one attached hydrogen (secondary N) is 2. The van der Waals surface area contributed by atoms with Crippen LogP contribution >= 0.6 is 0 Å². The van der Waals surface area contributed by atoms with Gasteiger partial charge in [0, 0.05) is 42.8 Å². The Kier molecular flexibility index (Phi) is 7.95. The molecule has 0 radical (unpaired) electrons. The monoisotopic (exact) mass is 463 g/mol. The van der Waals surface area contributed by atoms with Crippen molar-refractivity contribution < 1.29 is 19.5 Å². The van der Waals surface area contributed by atoms with Crippen LogP contribution in [0, 0.1) is 5.92 Å². The molecule has 2 aromatic carbocycles. The lowest BCUT2D eigenvalue weighted by Gasteiger charge is -2.32. The molecule has 180 valence electrons. The average molecular weight is 464 g/mol. The van der Waals surface area contributed by atoms with Crippen LogP contribution in [0.25, 0.3) is 0 Å². The fourth-order valence-electron chi connectivity index (χ4n) is 4.87. The first-order valence-electron chi connectivity index (χ1n) is 12.2. The molecular weight excluding hydrogens is 430 g/mol. The molecule has 34 heavy (non-hydrogen) atoms. The highest BCUT2D eigenvalue weighted by Crippen LogP contribution is 2.24. The number of hydrogen-bond acceptors (Lipinski definition) is 4. The molecule has 0 spiro atoms. The van der Waals surface area contributed by atoms with Gasteiger partial charge in [-0.15, -0.1) is 0 Å². The molecule has 1 saturated carbocycles. The van der Waals surface area contributed by atoms with Crippen molar-refractivity contribution in [1.82, 2.24) is 15.5 Å². The maximum absolute atomic E-state index is 12.7. The summed E-state index contributed by atoms with van der Waals surface area (Å²) in [6.07, 6.45) is 4.36. The van der Waals surface area contributed by atoms with E-state index in [1.165, 1.54) is 5.56 Å². The zero-order valence-corrected chi connectivity index (χ0v) is 19.4. The smallest absolute Gasteiger partial charge is 0.306 e. The number of carboxylic acids is 1. The molecule has 2 amide bonds. The first-order valence-corrected chi connectivity index (χ1v) is 12.2. The number of aliphatic carboxylic acids is 1. The Balaban J connectivity index is 1.21. The second-order valence-electron chi connectivity index (χ2n) is 9.45. The van der Waals surface area contributed by atoms with Gasteiger partial charge >= 0.3 is 5.97 Å². The molecule has 0 aromatic heterocycles.